The molecule has 2 aromatic carbocycles. The van der Waals surface area contributed by atoms with E-state index in [0.717, 1.165) is 10.2 Å². The summed E-state index contributed by atoms with van der Waals surface area (Å²) in [5, 5.41) is 15.9. The van der Waals surface area contributed by atoms with E-state index >= 15 is 0 Å². The molecule has 4 amide bonds. The maximum absolute atomic E-state index is 13.7. The fraction of sp³-hybridized carbons (Fsp3) is 0.429. The Balaban J connectivity index is 1.70. The highest BCUT2D eigenvalue weighted by atomic mass is 32.1. The molecule has 208 valence electrons. The molecule has 0 saturated carbocycles. The smallest absolute Gasteiger partial charge is 0.317 e. The second kappa shape index (κ2) is 12.0. The first-order chi connectivity index (χ1) is 18.6. The zero-order valence-electron chi connectivity index (χ0n) is 22.8. The molecule has 3 N–H and O–H groups in total. The standard InChI is InChI=1S/C28H35N5O5S/c1-16(2)29-28(37)32(5)14-22-17(3)13-33(18(4)15-34)27(36)19-9-8-11-21(24(19)38-22)30-25(35)26-31-20-10-6-7-12-23(20)39-26/h6-12,16-18,22,34H,13-15H2,1-5H3,(H,29,37)(H,30,35)/t17-,18+,22-/m0/s1. The van der Waals surface area contributed by atoms with Crippen molar-refractivity contribution in [2.45, 2.75) is 45.9 Å². The van der Waals surface area contributed by atoms with Crippen LogP contribution in [-0.2, 0) is 0 Å². The number of anilines is 1. The maximum Gasteiger partial charge on any atom is 0.317 e. The lowest BCUT2D eigenvalue weighted by Gasteiger charge is -2.38. The van der Waals surface area contributed by atoms with Gasteiger partial charge >= 0.3 is 6.03 Å². The van der Waals surface area contributed by atoms with Gasteiger partial charge in [-0.1, -0.05) is 25.1 Å². The number of aliphatic hydroxyl groups excluding tert-OH is 1. The summed E-state index contributed by atoms with van der Waals surface area (Å²) in [6, 6.07) is 11.8. The van der Waals surface area contributed by atoms with E-state index in [1.54, 1.807) is 42.0 Å². The van der Waals surface area contributed by atoms with Gasteiger partial charge in [-0.15, -0.1) is 11.3 Å². The summed E-state index contributed by atoms with van der Waals surface area (Å²) in [4.78, 5) is 47.1. The van der Waals surface area contributed by atoms with Crippen molar-refractivity contribution in [2.24, 2.45) is 5.92 Å². The Hall–Kier alpha value is -3.70. The predicted molar refractivity (Wildman–Crippen MR) is 151 cm³/mol. The number of ether oxygens (including phenoxy) is 1. The van der Waals surface area contributed by atoms with Crippen LogP contribution in [0.4, 0.5) is 10.5 Å². The van der Waals surface area contributed by atoms with Crippen molar-refractivity contribution in [1.29, 1.82) is 0 Å². The minimum atomic E-state index is -0.506. The number of nitrogens with one attached hydrogen (secondary N) is 2. The number of amides is 4. The van der Waals surface area contributed by atoms with E-state index in [2.05, 4.69) is 15.6 Å². The van der Waals surface area contributed by atoms with Crippen LogP contribution < -0.4 is 15.4 Å². The van der Waals surface area contributed by atoms with Gasteiger partial charge in [0.15, 0.2) is 10.8 Å². The summed E-state index contributed by atoms with van der Waals surface area (Å²) in [7, 11) is 1.69. The molecule has 1 aromatic heterocycles. The molecule has 3 aromatic rings. The minimum Gasteiger partial charge on any atom is -0.485 e. The third-order valence-electron chi connectivity index (χ3n) is 6.64. The Morgan fingerprint density at radius 2 is 1.95 bits per heavy atom. The number of aromatic nitrogens is 1. The van der Waals surface area contributed by atoms with Crippen molar-refractivity contribution in [1.82, 2.24) is 20.1 Å². The molecular weight excluding hydrogens is 518 g/mol. The number of aliphatic hydroxyl groups is 1. The van der Waals surface area contributed by atoms with E-state index in [-0.39, 0.29) is 53.4 Å². The predicted octanol–water partition coefficient (Wildman–Crippen LogP) is 3.82. The summed E-state index contributed by atoms with van der Waals surface area (Å²) in [6.45, 7) is 7.86. The topological polar surface area (TPSA) is 124 Å². The second-order valence-corrected chi connectivity index (χ2v) is 11.3. The molecule has 0 spiro atoms. The van der Waals surface area contributed by atoms with Crippen LogP contribution in [0.15, 0.2) is 42.5 Å². The van der Waals surface area contributed by atoms with Gasteiger partial charge in [-0.05, 0) is 45.0 Å². The number of hydrogen-bond donors (Lipinski definition) is 3. The Morgan fingerprint density at radius 3 is 2.64 bits per heavy atom. The largest absolute Gasteiger partial charge is 0.485 e. The number of urea groups is 1. The number of thiazole rings is 1. The lowest BCUT2D eigenvalue weighted by molar-refractivity contribution is 0.0368. The summed E-state index contributed by atoms with van der Waals surface area (Å²) < 4.78 is 7.36. The second-order valence-electron chi connectivity index (χ2n) is 10.2. The monoisotopic (exact) mass is 553 g/mol. The Morgan fingerprint density at radius 1 is 1.21 bits per heavy atom. The van der Waals surface area contributed by atoms with E-state index in [1.165, 1.54) is 11.3 Å². The lowest BCUT2D eigenvalue weighted by Crippen LogP contribution is -2.51. The molecule has 11 heteroatoms. The highest BCUT2D eigenvalue weighted by Crippen LogP contribution is 2.35. The quantitative estimate of drug-likeness (QED) is 0.409. The summed E-state index contributed by atoms with van der Waals surface area (Å²) in [6.07, 6.45) is -0.506. The molecule has 0 unspecified atom stereocenters. The van der Waals surface area contributed by atoms with Gasteiger partial charge < -0.3 is 30.3 Å². The van der Waals surface area contributed by atoms with Crippen molar-refractivity contribution in [3.63, 3.8) is 0 Å². The van der Waals surface area contributed by atoms with E-state index in [9.17, 15) is 19.5 Å². The van der Waals surface area contributed by atoms with E-state index < -0.39 is 18.1 Å². The summed E-state index contributed by atoms with van der Waals surface area (Å²) >= 11 is 1.28. The average molecular weight is 554 g/mol. The first-order valence-corrected chi connectivity index (χ1v) is 13.8. The highest BCUT2D eigenvalue weighted by Gasteiger charge is 2.35. The van der Waals surface area contributed by atoms with Crippen LogP contribution in [0, 0.1) is 5.92 Å². The third kappa shape index (κ3) is 6.31. The molecule has 0 radical (unpaired) electrons. The molecule has 4 rings (SSSR count). The van der Waals surface area contributed by atoms with Crippen LogP contribution in [0.3, 0.4) is 0 Å². The van der Waals surface area contributed by atoms with Crippen LogP contribution in [0.2, 0.25) is 0 Å². The molecular formula is C28H35N5O5S. The number of hydrogen-bond acceptors (Lipinski definition) is 7. The van der Waals surface area contributed by atoms with E-state index in [1.807, 2.05) is 45.0 Å². The fourth-order valence-corrected chi connectivity index (χ4v) is 5.28. The number of likely N-dealkylation sites (N-methyl/N-ethyl adjacent to an activating group) is 1. The number of fused-ring (bicyclic) bond motifs is 2. The first kappa shape index (κ1) is 28.3. The number of para-hydroxylation sites is 2. The van der Waals surface area contributed by atoms with Gasteiger partial charge in [-0.25, -0.2) is 9.78 Å². The van der Waals surface area contributed by atoms with Gasteiger partial charge in [0.1, 0.15) is 6.10 Å². The molecule has 0 aliphatic carbocycles. The first-order valence-electron chi connectivity index (χ1n) is 13.0. The summed E-state index contributed by atoms with van der Waals surface area (Å²) in [5.41, 5.74) is 1.33. The molecule has 10 nitrogen and oxygen atoms in total. The SMILES string of the molecule is CC(C)NC(=O)N(C)C[C@@H]1Oc2c(NC(=O)c3nc4ccccc4s3)cccc2C(=O)N([C@H](C)CO)C[C@@H]1C. The Kier molecular flexibility index (Phi) is 8.71. The number of benzene rings is 2. The van der Waals surface area contributed by atoms with Gasteiger partial charge in [0.2, 0.25) is 0 Å². The van der Waals surface area contributed by atoms with Crippen LogP contribution in [0.5, 0.6) is 5.75 Å². The number of carbonyl (C=O) groups is 3. The third-order valence-corrected chi connectivity index (χ3v) is 7.68. The molecule has 0 saturated heterocycles. The maximum atomic E-state index is 13.7. The van der Waals surface area contributed by atoms with Crippen LogP contribution >= 0.6 is 11.3 Å². The zero-order valence-corrected chi connectivity index (χ0v) is 23.6. The molecule has 1 aliphatic rings. The number of rotatable bonds is 7. The van der Waals surface area contributed by atoms with Gasteiger partial charge in [0, 0.05) is 25.6 Å². The van der Waals surface area contributed by atoms with E-state index in [4.69, 9.17) is 4.74 Å². The lowest BCUT2D eigenvalue weighted by atomic mass is 9.99. The van der Waals surface area contributed by atoms with Gasteiger partial charge in [-0.3, -0.25) is 9.59 Å². The Labute approximate surface area is 232 Å². The molecule has 0 fully saturated rings. The van der Waals surface area contributed by atoms with E-state index in [0.29, 0.717) is 12.2 Å². The molecule has 2 heterocycles. The van der Waals surface area contributed by atoms with Gasteiger partial charge in [-0.2, -0.15) is 0 Å². The molecule has 0 bridgehead atoms. The zero-order chi connectivity index (χ0) is 28.3. The van der Waals surface area contributed by atoms with Crippen LogP contribution in [-0.4, -0.2) is 82.7 Å². The number of nitrogens with zero attached hydrogens (tertiary/aromatic N) is 3. The van der Waals surface area contributed by atoms with Crippen molar-refractivity contribution in [2.75, 3.05) is 32.1 Å². The fourth-order valence-electron chi connectivity index (χ4n) is 4.41. The minimum absolute atomic E-state index is 0.0285. The van der Waals surface area contributed by atoms with Crippen molar-refractivity contribution < 1.29 is 24.2 Å². The number of carbonyl (C=O) groups excluding carboxylic acids is 3. The van der Waals surface area contributed by atoms with Crippen molar-refractivity contribution >= 4 is 45.1 Å². The van der Waals surface area contributed by atoms with Gasteiger partial charge in [0.05, 0.1) is 40.7 Å². The van der Waals surface area contributed by atoms with Crippen LogP contribution in [0.1, 0.15) is 47.9 Å². The van der Waals surface area contributed by atoms with Gasteiger partial charge in [0.25, 0.3) is 11.8 Å². The normalized spacial score (nSPS) is 18.1. The van der Waals surface area contributed by atoms with Crippen molar-refractivity contribution in [3.8, 4) is 5.75 Å². The van der Waals surface area contributed by atoms with Crippen LogP contribution in [0.25, 0.3) is 10.2 Å². The Bertz CT molecular complexity index is 1330. The molecule has 39 heavy (non-hydrogen) atoms. The average Bonchev–Trinajstić information content (AvgIpc) is 3.34. The molecule has 1 aliphatic heterocycles. The summed E-state index contributed by atoms with van der Waals surface area (Å²) in [5.74, 6) is -0.695. The molecule has 3 atom stereocenters. The van der Waals surface area contributed by atoms with Crippen molar-refractivity contribution in [3.05, 3.63) is 53.0 Å². The highest BCUT2D eigenvalue weighted by molar-refractivity contribution is 7.20.